The summed E-state index contributed by atoms with van der Waals surface area (Å²) >= 11 is 0. The lowest BCUT2D eigenvalue weighted by Crippen LogP contribution is -2.49. The van der Waals surface area contributed by atoms with Crippen LogP contribution in [0.2, 0.25) is 0 Å². The van der Waals surface area contributed by atoms with Crippen LogP contribution in [0.15, 0.2) is 18.3 Å². The van der Waals surface area contributed by atoms with Crippen LogP contribution in [0.1, 0.15) is 32.1 Å². The first-order valence-electron chi connectivity index (χ1n) is 9.21. The first-order chi connectivity index (χ1) is 12.9. The molecule has 1 saturated heterocycles. The number of nitrogens with zero attached hydrogens (tertiary/aromatic N) is 4. The van der Waals surface area contributed by atoms with Gasteiger partial charge in [-0.1, -0.05) is 12.8 Å². The van der Waals surface area contributed by atoms with Crippen molar-refractivity contribution < 1.29 is 18.1 Å². The predicted molar refractivity (Wildman–Crippen MR) is 100 cm³/mol. The van der Waals surface area contributed by atoms with Crippen molar-refractivity contribution in [2.45, 2.75) is 37.4 Å². The lowest BCUT2D eigenvalue weighted by atomic mass is 10.2. The Kier molecular flexibility index (Phi) is 5.93. The third-order valence-electron chi connectivity index (χ3n) is 5.33. The molecule has 1 aromatic heterocycles. The van der Waals surface area contributed by atoms with Crippen LogP contribution in [0.4, 0.5) is 11.5 Å². The Bertz CT molecular complexity index is 782. The van der Waals surface area contributed by atoms with Gasteiger partial charge in [0.2, 0.25) is 5.91 Å². The molecule has 1 saturated carbocycles. The van der Waals surface area contributed by atoms with Crippen LogP contribution in [0, 0.1) is 10.1 Å². The molecule has 3 rings (SSSR count). The molecule has 9 nitrogen and oxygen atoms in total. The maximum atomic E-state index is 12.4. The summed E-state index contributed by atoms with van der Waals surface area (Å²) in [4.78, 5) is 30.0. The molecular weight excluding hydrogens is 372 g/mol. The molecule has 1 amide bonds. The number of piperazine rings is 1. The molecule has 2 fully saturated rings. The highest BCUT2D eigenvalue weighted by Gasteiger charge is 2.30. The molecular formula is C17H24N4O5S. The van der Waals surface area contributed by atoms with Crippen LogP contribution in [-0.4, -0.2) is 66.3 Å². The fourth-order valence-electron chi connectivity index (χ4n) is 3.69. The number of hydrogen-bond donors (Lipinski definition) is 0. The number of rotatable bonds is 6. The fourth-order valence-corrected chi connectivity index (χ4v) is 5.53. The molecule has 1 aliphatic carbocycles. The van der Waals surface area contributed by atoms with Gasteiger partial charge >= 0.3 is 5.82 Å². The third kappa shape index (κ3) is 4.74. The zero-order valence-electron chi connectivity index (χ0n) is 15.1. The molecule has 0 aromatic carbocycles. The highest BCUT2D eigenvalue weighted by atomic mass is 32.2. The van der Waals surface area contributed by atoms with E-state index in [4.69, 9.17) is 0 Å². The van der Waals surface area contributed by atoms with E-state index in [2.05, 4.69) is 4.98 Å². The average molecular weight is 396 g/mol. The van der Waals surface area contributed by atoms with Crippen LogP contribution >= 0.6 is 0 Å². The van der Waals surface area contributed by atoms with E-state index in [-0.39, 0.29) is 29.1 Å². The lowest BCUT2D eigenvalue weighted by molar-refractivity contribution is -0.389. The number of aromatic nitrogens is 1. The molecule has 0 bridgehead atoms. The Balaban J connectivity index is 1.48. The number of pyridine rings is 1. The molecule has 148 valence electrons. The van der Waals surface area contributed by atoms with E-state index < -0.39 is 14.8 Å². The Morgan fingerprint density at radius 3 is 2.41 bits per heavy atom. The van der Waals surface area contributed by atoms with Gasteiger partial charge in [0.15, 0.2) is 16.0 Å². The molecule has 10 heteroatoms. The van der Waals surface area contributed by atoms with E-state index in [1.807, 2.05) is 4.90 Å². The third-order valence-corrected chi connectivity index (χ3v) is 7.59. The van der Waals surface area contributed by atoms with E-state index in [1.54, 1.807) is 11.0 Å². The van der Waals surface area contributed by atoms with Gasteiger partial charge in [-0.05, 0) is 28.8 Å². The summed E-state index contributed by atoms with van der Waals surface area (Å²) in [7, 11) is -3.18. The second-order valence-electron chi connectivity index (χ2n) is 7.02. The highest BCUT2D eigenvalue weighted by Crippen LogP contribution is 2.25. The van der Waals surface area contributed by atoms with Crippen molar-refractivity contribution in [3.8, 4) is 0 Å². The van der Waals surface area contributed by atoms with Crippen molar-refractivity contribution in [2.24, 2.45) is 0 Å². The summed E-state index contributed by atoms with van der Waals surface area (Å²) in [6, 6.07) is 3.01. The smallest absolute Gasteiger partial charge is 0.363 e. The maximum absolute atomic E-state index is 12.4. The summed E-state index contributed by atoms with van der Waals surface area (Å²) in [5, 5.41) is 10.4. The van der Waals surface area contributed by atoms with E-state index in [0.29, 0.717) is 26.2 Å². The van der Waals surface area contributed by atoms with Gasteiger partial charge in [-0.2, -0.15) is 0 Å². The van der Waals surface area contributed by atoms with Gasteiger partial charge in [0.1, 0.15) is 0 Å². The van der Waals surface area contributed by atoms with Crippen LogP contribution in [0.3, 0.4) is 0 Å². The normalized spacial score (nSPS) is 18.7. The number of anilines is 1. The van der Waals surface area contributed by atoms with E-state index in [9.17, 15) is 23.3 Å². The fraction of sp³-hybridized carbons (Fsp3) is 0.647. The first kappa shape index (κ1) is 19.5. The summed E-state index contributed by atoms with van der Waals surface area (Å²) in [5.74, 6) is -0.391. The largest absolute Gasteiger partial charge is 0.365 e. The number of hydrogen-bond acceptors (Lipinski definition) is 7. The van der Waals surface area contributed by atoms with Gasteiger partial charge in [-0.3, -0.25) is 4.79 Å². The molecule has 0 atom stereocenters. The van der Waals surface area contributed by atoms with Crippen molar-refractivity contribution in [2.75, 3.05) is 36.8 Å². The molecule has 1 aromatic rings. The van der Waals surface area contributed by atoms with Crippen molar-refractivity contribution in [3.63, 3.8) is 0 Å². The van der Waals surface area contributed by atoms with Crippen molar-refractivity contribution >= 4 is 27.2 Å². The minimum atomic E-state index is -3.18. The minimum Gasteiger partial charge on any atom is -0.365 e. The van der Waals surface area contributed by atoms with Crippen molar-refractivity contribution in [1.29, 1.82) is 0 Å². The molecule has 0 radical (unpaired) electrons. The zero-order chi connectivity index (χ0) is 19.4. The molecule has 0 N–H and O–H groups in total. The number of sulfone groups is 1. The van der Waals surface area contributed by atoms with Gasteiger partial charge in [0, 0.05) is 38.7 Å². The van der Waals surface area contributed by atoms with E-state index >= 15 is 0 Å². The standard InChI is InChI=1S/C17H24N4O5S/c22-17(7-12-27(25,26)15-3-1-2-4-15)20-10-8-19(9-11-20)14-5-6-16(18-13-14)21(23)24/h5-6,13,15H,1-4,7-12H2. The van der Waals surface area contributed by atoms with Gasteiger partial charge in [0.25, 0.3) is 0 Å². The predicted octanol–water partition coefficient (Wildman–Crippen LogP) is 1.39. The Morgan fingerprint density at radius 1 is 1.19 bits per heavy atom. The second kappa shape index (κ2) is 8.20. The molecule has 2 heterocycles. The number of carbonyl (C=O) groups excluding carboxylic acids is 1. The summed E-state index contributed by atoms with van der Waals surface area (Å²) in [6.45, 7) is 2.17. The number of amides is 1. The zero-order valence-corrected chi connectivity index (χ0v) is 15.9. The highest BCUT2D eigenvalue weighted by molar-refractivity contribution is 7.92. The van der Waals surface area contributed by atoms with Gasteiger partial charge in [-0.15, -0.1) is 0 Å². The molecule has 0 spiro atoms. The molecule has 0 unspecified atom stereocenters. The monoisotopic (exact) mass is 396 g/mol. The van der Waals surface area contributed by atoms with Gasteiger partial charge in [-0.25, -0.2) is 8.42 Å². The summed E-state index contributed by atoms with van der Waals surface area (Å²) in [6.07, 6.45) is 4.85. The Labute approximate surface area is 158 Å². The maximum Gasteiger partial charge on any atom is 0.363 e. The van der Waals surface area contributed by atoms with Gasteiger partial charge in [0.05, 0.1) is 16.7 Å². The van der Waals surface area contributed by atoms with Crippen molar-refractivity contribution in [1.82, 2.24) is 9.88 Å². The van der Waals surface area contributed by atoms with Crippen LogP contribution in [0.25, 0.3) is 0 Å². The summed E-state index contributed by atoms with van der Waals surface area (Å²) < 4.78 is 24.6. The van der Waals surface area contributed by atoms with Crippen LogP contribution in [0.5, 0.6) is 0 Å². The Morgan fingerprint density at radius 2 is 1.85 bits per heavy atom. The van der Waals surface area contributed by atoms with E-state index in [0.717, 1.165) is 31.4 Å². The average Bonchev–Trinajstić information content (AvgIpc) is 3.22. The molecule has 1 aliphatic heterocycles. The summed E-state index contributed by atoms with van der Waals surface area (Å²) in [5.41, 5.74) is 0.775. The molecule has 2 aliphatic rings. The first-order valence-corrected chi connectivity index (χ1v) is 10.9. The van der Waals surface area contributed by atoms with E-state index in [1.165, 1.54) is 12.3 Å². The lowest BCUT2D eigenvalue weighted by Gasteiger charge is -2.35. The van der Waals surface area contributed by atoms with Gasteiger partial charge < -0.3 is 19.9 Å². The van der Waals surface area contributed by atoms with Crippen LogP contribution in [-0.2, 0) is 14.6 Å². The van der Waals surface area contributed by atoms with Crippen LogP contribution < -0.4 is 4.90 Å². The number of nitro groups is 1. The minimum absolute atomic E-state index is 0.0396. The second-order valence-corrected chi connectivity index (χ2v) is 9.42. The SMILES string of the molecule is O=C(CCS(=O)(=O)C1CCCC1)N1CCN(c2ccc([N+](=O)[O-])nc2)CC1. The topological polar surface area (TPSA) is 114 Å². The quantitative estimate of drug-likeness (QED) is 0.527. The van der Waals surface area contributed by atoms with Crippen molar-refractivity contribution in [3.05, 3.63) is 28.4 Å². The Hall–Kier alpha value is -2.23. The number of carbonyl (C=O) groups is 1. The molecule has 27 heavy (non-hydrogen) atoms.